The van der Waals surface area contributed by atoms with Gasteiger partial charge < -0.3 is 20.3 Å². The van der Waals surface area contributed by atoms with Crippen molar-refractivity contribution >= 4 is 36.2 Å². The molecule has 0 aliphatic heterocycles. The molecule has 1 saturated carbocycles. The van der Waals surface area contributed by atoms with Crippen molar-refractivity contribution in [3.05, 3.63) is 64.7 Å². The van der Waals surface area contributed by atoms with Crippen LogP contribution in [0.3, 0.4) is 0 Å². The normalized spacial score (nSPS) is 15.0. The molecule has 3 amide bonds. The Labute approximate surface area is 219 Å². The monoisotopic (exact) mass is 511 g/mol. The van der Waals surface area contributed by atoms with E-state index in [4.69, 9.17) is 4.74 Å². The molecule has 2 unspecified atom stereocenters. The zero-order valence-electron chi connectivity index (χ0n) is 21.9. The zero-order valence-corrected chi connectivity index (χ0v) is 22.8. The number of alkyl carbamates (subject to hydrolysis) is 1. The Morgan fingerprint density at radius 3 is 2.28 bits per heavy atom. The molecule has 2 N–H and O–H groups in total. The Morgan fingerprint density at radius 2 is 1.72 bits per heavy atom. The van der Waals surface area contributed by atoms with Crippen molar-refractivity contribution in [2.45, 2.75) is 78.1 Å². The maximum absolute atomic E-state index is 13.9. The third kappa shape index (κ3) is 7.03. The van der Waals surface area contributed by atoms with E-state index < -0.39 is 23.8 Å². The number of nitrogens with one attached hydrogen (secondary N) is 2. The fourth-order valence-corrected chi connectivity index (χ4v) is 4.40. The fraction of sp³-hybridized carbons (Fsp3) is 0.464. The number of thiol groups is 1. The minimum Gasteiger partial charge on any atom is -0.444 e. The van der Waals surface area contributed by atoms with Crippen LogP contribution in [0, 0.1) is 20.8 Å². The van der Waals surface area contributed by atoms with E-state index in [1.807, 2.05) is 63.2 Å². The lowest BCUT2D eigenvalue weighted by molar-refractivity contribution is -0.141. The highest BCUT2D eigenvalue weighted by Crippen LogP contribution is 2.37. The van der Waals surface area contributed by atoms with Gasteiger partial charge in [0.2, 0.25) is 5.91 Å². The third-order valence-electron chi connectivity index (χ3n) is 6.02. The van der Waals surface area contributed by atoms with Crippen molar-refractivity contribution in [2.24, 2.45) is 0 Å². The Kier molecular flexibility index (Phi) is 8.71. The summed E-state index contributed by atoms with van der Waals surface area (Å²) in [7, 11) is 0. The largest absolute Gasteiger partial charge is 0.444 e. The van der Waals surface area contributed by atoms with E-state index in [1.165, 1.54) is 0 Å². The zero-order chi connectivity index (χ0) is 26.6. The smallest absolute Gasteiger partial charge is 0.408 e. The van der Waals surface area contributed by atoms with Gasteiger partial charge in [-0.1, -0.05) is 42.0 Å². The molecule has 1 aliphatic carbocycles. The molecule has 0 saturated heterocycles. The SMILES string of the molecule is Cc1ccc(C(C(=O)Nc2ccccc2C)N(C(=O)C(CS)NC(=O)OC(C)(C)C)C2CC2)c(C)c1. The minimum atomic E-state index is -0.941. The lowest BCUT2D eigenvalue weighted by atomic mass is 9.96. The first-order valence-electron chi connectivity index (χ1n) is 12.3. The van der Waals surface area contributed by atoms with Gasteiger partial charge in [-0.15, -0.1) is 0 Å². The van der Waals surface area contributed by atoms with Crippen LogP contribution in [0.5, 0.6) is 0 Å². The number of rotatable bonds is 8. The van der Waals surface area contributed by atoms with E-state index in [1.54, 1.807) is 25.7 Å². The average molecular weight is 512 g/mol. The number of anilines is 1. The number of hydrogen-bond donors (Lipinski definition) is 3. The minimum absolute atomic E-state index is 0.0698. The summed E-state index contributed by atoms with van der Waals surface area (Å²) < 4.78 is 5.36. The maximum atomic E-state index is 13.9. The van der Waals surface area contributed by atoms with E-state index in [0.29, 0.717) is 5.69 Å². The van der Waals surface area contributed by atoms with Gasteiger partial charge in [0.25, 0.3) is 5.91 Å². The number of carbonyl (C=O) groups excluding carboxylic acids is 3. The van der Waals surface area contributed by atoms with Gasteiger partial charge in [0.1, 0.15) is 17.7 Å². The van der Waals surface area contributed by atoms with Crippen molar-refractivity contribution in [3.8, 4) is 0 Å². The van der Waals surface area contributed by atoms with Crippen LogP contribution in [-0.2, 0) is 14.3 Å². The molecule has 36 heavy (non-hydrogen) atoms. The second-order valence-electron chi connectivity index (χ2n) is 10.4. The molecule has 1 fully saturated rings. The molecule has 0 spiro atoms. The van der Waals surface area contributed by atoms with Gasteiger partial charge in [0.15, 0.2) is 0 Å². The molecule has 194 valence electrons. The van der Waals surface area contributed by atoms with Crippen LogP contribution in [0.1, 0.15) is 61.9 Å². The van der Waals surface area contributed by atoms with Crippen molar-refractivity contribution in [1.29, 1.82) is 0 Å². The summed E-state index contributed by atoms with van der Waals surface area (Å²) in [5.41, 5.74) is 3.65. The van der Waals surface area contributed by atoms with Gasteiger partial charge >= 0.3 is 6.09 Å². The van der Waals surface area contributed by atoms with Crippen LogP contribution >= 0.6 is 12.6 Å². The summed E-state index contributed by atoms with van der Waals surface area (Å²) in [5, 5.41) is 5.69. The molecule has 2 aromatic rings. The van der Waals surface area contributed by atoms with Crippen LogP contribution in [0.4, 0.5) is 10.5 Å². The number of aryl methyl sites for hydroxylation is 3. The molecule has 0 aromatic heterocycles. The number of para-hydroxylation sites is 1. The second-order valence-corrected chi connectivity index (χ2v) is 10.8. The van der Waals surface area contributed by atoms with Crippen LogP contribution in [0.2, 0.25) is 0 Å². The topological polar surface area (TPSA) is 87.7 Å². The summed E-state index contributed by atoms with van der Waals surface area (Å²) in [4.78, 5) is 41.9. The summed E-state index contributed by atoms with van der Waals surface area (Å²) in [6.07, 6.45) is 0.880. The van der Waals surface area contributed by atoms with E-state index in [0.717, 1.165) is 35.1 Å². The lowest BCUT2D eigenvalue weighted by Gasteiger charge is -2.35. The highest BCUT2D eigenvalue weighted by Gasteiger charge is 2.44. The molecular weight excluding hydrogens is 474 g/mol. The Balaban J connectivity index is 1.99. The number of hydrogen-bond acceptors (Lipinski definition) is 5. The van der Waals surface area contributed by atoms with Crippen molar-refractivity contribution in [2.75, 3.05) is 11.1 Å². The predicted molar refractivity (Wildman–Crippen MR) is 145 cm³/mol. The molecule has 8 heteroatoms. The molecule has 3 rings (SSSR count). The second kappa shape index (κ2) is 11.4. The third-order valence-corrected chi connectivity index (χ3v) is 6.38. The highest BCUT2D eigenvalue weighted by molar-refractivity contribution is 7.80. The van der Waals surface area contributed by atoms with Crippen molar-refractivity contribution in [3.63, 3.8) is 0 Å². The van der Waals surface area contributed by atoms with Crippen LogP contribution in [0.15, 0.2) is 42.5 Å². The molecule has 2 aromatic carbocycles. The van der Waals surface area contributed by atoms with Gasteiger partial charge in [0, 0.05) is 17.5 Å². The highest BCUT2D eigenvalue weighted by atomic mass is 32.1. The van der Waals surface area contributed by atoms with Gasteiger partial charge in [-0.05, 0) is 77.1 Å². The lowest BCUT2D eigenvalue weighted by Crippen LogP contribution is -2.54. The molecular formula is C28H37N3O4S. The average Bonchev–Trinajstić information content (AvgIpc) is 3.61. The molecule has 0 bridgehead atoms. The Hall–Kier alpha value is -3.00. The van der Waals surface area contributed by atoms with Gasteiger partial charge in [0.05, 0.1) is 0 Å². The van der Waals surface area contributed by atoms with E-state index >= 15 is 0 Å². The standard InChI is InChI=1S/C28H37N3O4S/c1-17-11-14-21(19(3)15-17)24(25(32)29-22-10-8-7-9-18(22)2)31(20-12-13-20)26(33)23(16-36)30-27(34)35-28(4,5)6/h7-11,14-15,20,23-24,36H,12-13,16H2,1-6H3,(H,29,32)(H,30,34). The summed E-state index contributed by atoms with van der Waals surface area (Å²) in [5.74, 6) is -0.588. The number of ether oxygens (including phenoxy) is 1. The molecule has 1 aliphatic rings. The van der Waals surface area contributed by atoms with Crippen LogP contribution in [0.25, 0.3) is 0 Å². The summed E-state index contributed by atoms with van der Waals surface area (Å²) >= 11 is 4.34. The first-order chi connectivity index (χ1) is 16.9. The fourth-order valence-electron chi connectivity index (χ4n) is 4.15. The molecule has 2 atom stereocenters. The molecule has 7 nitrogen and oxygen atoms in total. The maximum Gasteiger partial charge on any atom is 0.408 e. The molecule has 0 radical (unpaired) electrons. The number of amides is 3. The first kappa shape index (κ1) is 27.6. The number of benzene rings is 2. The summed E-state index contributed by atoms with van der Waals surface area (Å²) in [6, 6.07) is 11.5. The number of carbonyl (C=O) groups is 3. The van der Waals surface area contributed by atoms with Crippen molar-refractivity contribution < 1.29 is 19.1 Å². The quantitative estimate of drug-likeness (QED) is 0.430. The van der Waals surface area contributed by atoms with Gasteiger partial charge in [-0.2, -0.15) is 12.6 Å². The van der Waals surface area contributed by atoms with Gasteiger partial charge in [-0.3, -0.25) is 9.59 Å². The Morgan fingerprint density at radius 1 is 1.06 bits per heavy atom. The number of nitrogens with zero attached hydrogens (tertiary/aromatic N) is 1. The van der Waals surface area contributed by atoms with E-state index in [2.05, 4.69) is 23.3 Å². The van der Waals surface area contributed by atoms with Crippen LogP contribution in [-0.4, -0.2) is 46.2 Å². The van der Waals surface area contributed by atoms with Gasteiger partial charge in [-0.25, -0.2) is 4.79 Å². The van der Waals surface area contributed by atoms with E-state index in [-0.39, 0.29) is 23.6 Å². The van der Waals surface area contributed by atoms with Crippen molar-refractivity contribution in [1.82, 2.24) is 10.2 Å². The summed E-state index contributed by atoms with van der Waals surface area (Å²) in [6.45, 7) is 11.1. The Bertz CT molecular complexity index is 1120. The van der Waals surface area contributed by atoms with E-state index in [9.17, 15) is 14.4 Å². The first-order valence-corrected chi connectivity index (χ1v) is 12.9. The van der Waals surface area contributed by atoms with Crippen LogP contribution < -0.4 is 10.6 Å². The predicted octanol–water partition coefficient (Wildman–Crippen LogP) is 5.11. The molecule has 0 heterocycles.